The molecule has 0 saturated carbocycles. The number of carbonyl (C=O) groups excluding carboxylic acids is 1. The number of rotatable bonds is 3. The van der Waals surface area contributed by atoms with Crippen molar-refractivity contribution >= 4 is 32.8 Å². The van der Waals surface area contributed by atoms with Crippen LogP contribution in [-0.4, -0.2) is 12.3 Å². The highest BCUT2D eigenvalue weighted by Crippen LogP contribution is 2.51. The smallest absolute Gasteiger partial charge is 0.428 e. The molecule has 7 heteroatoms. The first kappa shape index (κ1) is 20.7. The van der Waals surface area contributed by atoms with Crippen LogP contribution in [0.1, 0.15) is 36.1 Å². The summed E-state index contributed by atoms with van der Waals surface area (Å²) in [6.07, 6.45) is -5.98. The van der Waals surface area contributed by atoms with Gasteiger partial charge in [-0.05, 0) is 47.4 Å². The van der Waals surface area contributed by atoms with Gasteiger partial charge in [0.15, 0.2) is 0 Å². The third-order valence-corrected chi connectivity index (χ3v) is 6.09. The van der Waals surface area contributed by atoms with Crippen molar-refractivity contribution in [1.29, 1.82) is 0 Å². The van der Waals surface area contributed by atoms with Gasteiger partial charge in [0.2, 0.25) is 5.60 Å². The lowest BCUT2D eigenvalue weighted by Gasteiger charge is -2.33. The number of benzene rings is 3. The van der Waals surface area contributed by atoms with Crippen molar-refractivity contribution in [1.82, 2.24) is 5.32 Å². The van der Waals surface area contributed by atoms with Crippen molar-refractivity contribution in [2.75, 3.05) is 0 Å². The summed E-state index contributed by atoms with van der Waals surface area (Å²) in [4.78, 5) is 12.6. The fourth-order valence-corrected chi connectivity index (χ4v) is 4.55. The molecule has 0 saturated heterocycles. The number of fused-ring (bicyclic) bond motifs is 2. The predicted octanol–water partition coefficient (Wildman–Crippen LogP) is 6.79. The van der Waals surface area contributed by atoms with Crippen molar-refractivity contribution in [2.45, 2.75) is 37.6 Å². The van der Waals surface area contributed by atoms with Gasteiger partial charge in [0.25, 0.3) is 0 Å². The maximum absolute atomic E-state index is 14.1. The van der Waals surface area contributed by atoms with E-state index in [1.54, 1.807) is 13.0 Å². The molecule has 3 nitrogen and oxygen atoms in total. The van der Waals surface area contributed by atoms with Gasteiger partial charge in [0.05, 0.1) is 6.04 Å². The van der Waals surface area contributed by atoms with Gasteiger partial charge in [-0.15, -0.1) is 0 Å². The summed E-state index contributed by atoms with van der Waals surface area (Å²) in [7, 11) is 0. The third kappa shape index (κ3) is 3.55. The number of nitrogens with one attached hydrogen (secondary N) is 1. The highest BCUT2D eigenvalue weighted by Gasteiger charge is 2.62. The number of alkyl carbamates (subject to hydrolysis) is 1. The molecule has 0 fully saturated rings. The molecular weight excluding hydrogens is 459 g/mol. The van der Waals surface area contributed by atoms with Crippen LogP contribution < -0.4 is 5.32 Å². The Labute approximate surface area is 180 Å². The molecule has 2 atom stereocenters. The van der Waals surface area contributed by atoms with E-state index in [9.17, 15) is 18.0 Å². The maximum Gasteiger partial charge on any atom is 0.432 e. The number of hydrogen-bond donors (Lipinski definition) is 1. The van der Waals surface area contributed by atoms with E-state index >= 15 is 0 Å². The highest BCUT2D eigenvalue weighted by molar-refractivity contribution is 9.10. The van der Waals surface area contributed by atoms with E-state index in [0.29, 0.717) is 10.0 Å². The largest absolute Gasteiger partial charge is 0.432 e. The number of halogens is 4. The topological polar surface area (TPSA) is 38.3 Å². The highest BCUT2D eigenvalue weighted by atomic mass is 79.9. The van der Waals surface area contributed by atoms with Gasteiger partial charge < -0.3 is 10.1 Å². The molecular formula is C23H19BrF3NO2. The van der Waals surface area contributed by atoms with Crippen molar-refractivity contribution in [2.24, 2.45) is 0 Å². The number of alkyl halides is 3. The average Bonchev–Trinajstić information content (AvgIpc) is 3.06. The minimum absolute atomic E-state index is 0.00818. The Kier molecular flexibility index (Phi) is 5.26. The second kappa shape index (κ2) is 7.61. The molecule has 0 spiro atoms. The Bertz CT molecular complexity index is 1110. The number of aryl methyl sites for hydroxylation is 1. The van der Waals surface area contributed by atoms with Crippen LogP contribution in [0.15, 0.2) is 65.1 Å². The first-order chi connectivity index (χ1) is 14.2. The van der Waals surface area contributed by atoms with Gasteiger partial charge >= 0.3 is 12.3 Å². The zero-order valence-electron chi connectivity index (χ0n) is 16.1. The summed E-state index contributed by atoms with van der Waals surface area (Å²) in [5.41, 5.74) is -1.32. The molecule has 156 valence electrons. The minimum Gasteiger partial charge on any atom is -0.428 e. The summed E-state index contributed by atoms with van der Waals surface area (Å²) in [6, 6.07) is 17.3. The lowest BCUT2D eigenvalue weighted by Crippen LogP contribution is -2.47. The van der Waals surface area contributed by atoms with E-state index in [-0.39, 0.29) is 18.4 Å². The summed E-state index contributed by atoms with van der Waals surface area (Å²) in [6.45, 7) is 1.73. The van der Waals surface area contributed by atoms with E-state index in [0.717, 1.165) is 16.3 Å². The van der Waals surface area contributed by atoms with Gasteiger partial charge in [-0.2, -0.15) is 13.2 Å². The maximum atomic E-state index is 14.1. The molecule has 0 bridgehead atoms. The van der Waals surface area contributed by atoms with Crippen molar-refractivity contribution in [3.8, 4) is 0 Å². The standard InChI is InChI=1S/C23H19BrF3NO2/c1-14(18-8-4-6-15-5-2-3-7-19(15)18)28-21(29)30-22(23(25,26)27)12-11-16-13-17(24)9-10-20(16)22/h2-10,13-14H,11-12H2,1H3,(H,28,29)/t14-,22+/m0/s1. The van der Waals surface area contributed by atoms with Gasteiger partial charge in [-0.3, -0.25) is 0 Å². The molecule has 3 aromatic carbocycles. The Morgan fingerprint density at radius 3 is 2.63 bits per heavy atom. The number of hydrogen-bond acceptors (Lipinski definition) is 2. The molecule has 1 amide bonds. The second-order valence-corrected chi connectivity index (χ2v) is 8.37. The Morgan fingerprint density at radius 1 is 1.13 bits per heavy atom. The van der Waals surface area contributed by atoms with E-state index in [1.165, 1.54) is 12.1 Å². The fourth-order valence-electron chi connectivity index (χ4n) is 4.14. The number of ether oxygens (including phenoxy) is 1. The Morgan fingerprint density at radius 2 is 1.87 bits per heavy atom. The zero-order chi connectivity index (χ0) is 21.5. The van der Waals surface area contributed by atoms with Crippen LogP contribution in [0.2, 0.25) is 0 Å². The quantitative estimate of drug-likeness (QED) is 0.450. The lowest BCUT2D eigenvalue weighted by molar-refractivity contribution is -0.263. The van der Waals surface area contributed by atoms with E-state index in [4.69, 9.17) is 4.74 Å². The fraction of sp³-hybridized carbons (Fsp3) is 0.261. The van der Waals surface area contributed by atoms with E-state index in [2.05, 4.69) is 21.2 Å². The lowest BCUT2D eigenvalue weighted by atomic mass is 9.95. The third-order valence-electron chi connectivity index (χ3n) is 5.60. The van der Waals surface area contributed by atoms with Crippen molar-refractivity contribution < 1.29 is 22.7 Å². The minimum atomic E-state index is -4.73. The molecule has 0 radical (unpaired) electrons. The molecule has 0 aliphatic heterocycles. The summed E-state index contributed by atoms with van der Waals surface area (Å²) < 4.78 is 48.2. The van der Waals surface area contributed by atoms with Gasteiger partial charge in [0.1, 0.15) is 0 Å². The monoisotopic (exact) mass is 477 g/mol. The summed E-state index contributed by atoms with van der Waals surface area (Å²) in [5.74, 6) is 0. The van der Waals surface area contributed by atoms with E-state index < -0.39 is 23.9 Å². The van der Waals surface area contributed by atoms with Gasteiger partial charge in [-0.25, -0.2) is 4.79 Å². The van der Waals surface area contributed by atoms with Crippen LogP contribution in [0.3, 0.4) is 0 Å². The SMILES string of the molecule is C[C@H](NC(=O)O[C@]1(C(F)(F)F)CCc2cc(Br)ccc21)c1cccc2ccccc12. The summed E-state index contributed by atoms with van der Waals surface area (Å²) in [5, 5.41) is 4.49. The summed E-state index contributed by atoms with van der Waals surface area (Å²) >= 11 is 3.28. The zero-order valence-corrected chi connectivity index (χ0v) is 17.7. The van der Waals surface area contributed by atoms with Gasteiger partial charge in [-0.1, -0.05) is 64.5 Å². The van der Waals surface area contributed by atoms with Crippen LogP contribution in [-0.2, 0) is 16.8 Å². The first-order valence-corrected chi connectivity index (χ1v) is 10.3. The Balaban J connectivity index is 1.61. The van der Waals surface area contributed by atoms with Crippen LogP contribution in [0.4, 0.5) is 18.0 Å². The molecule has 1 aliphatic carbocycles. The van der Waals surface area contributed by atoms with Crippen LogP contribution in [0.25, 0.3) is 10.8 Å². The molecule has 0 aromatic heterocycles. The second-order valence-electron chi connectivity index (χ2n) is 7.45. The Hall–Kier alpha value is -2.54. The molecule has 1 aliphatic rings. The molecule has 0 unspecified atom stereocenters. The molecule has 0 heterocycles. The average molecular weight is 478 g/mol. The number of carbonyl (C=O) groups is 1. The molecule has 4 rings (SSSR count). The molecule has 30 heavy (non-hydrogen) atoms. The van der Waals surface area contributed by atoms with Crippen molar-refractivity contribution in [3.63, 3.8) is 0 Å². The number of amides is 1. The molecule has 3 aromatic rings. The molecule has 1 N–H and O–H groups in total. The van der Waals surface area contributed by atoms with Crippen LogP contribution in [0, 0.1) is 0 Å². The van der Waals surface area contributed by atoms with E-state index in [1.807, 2.05) is 42.5 Å². The van der Waals surface area contributed by atoms with Gasteiger partial charge in [0, 0.05) is 16.5 Å². The van der Waals surface area contributed by atoms with Crippen LogP contribution >= 0.6 is 15.9 Å². The normalized spacial score (nSPS) is 19.4. The van der Waals surface area contributed by atoms with Crippen molar-refractivity contribution in [3.05, 3.63) is 81.8 Å². The first-order valence-electron chi connectivity index (χ1n) is 9.54. The van der Waals surface area contributed by atoms with Crippen LogP contribution in [0.5, 0.6) is 0 Å². The predicted molar refractivity (Wildman–Crippen MR) is 112 cm³/mol.